The minimum absolute atomic E-state index is 0.297. The lowest BCUT2D eigenvalue weighted by atomic mass is 10.3. The van der Waals surface area contributed by atoms with E-state index in [1.165, 1.54) is 0 Å². The Hall–Kier alpha value is -0.640. The van der Waals surface area contributed by atoms with Crippen LogP contribution in [0.4, 0.5) is 4.53 Å². The Morgan fingerprint density at radius 2 is 2.11 bits per heavy atom. The van der Waals surface area contributed by atoms with Gasteiger partial charge < -0.3 is 0 Å². The average Bonchev–Trinajstić information content (AvgIpc) is 1.87. The van der Waals surface area contributed by atoms with E-state index in [4.69, 9.17) is 11.6 Å². The highest BCUT2D eigenvalue weighted by molar-refractivity contribution is 6.28. The summed E-state index contributed by atoms with van der Waals surface area (Å²) in [7, 11) is 0. The average molecular weight is 155 g/mol. The van der Waals surface area contributed by atoms with E-state index < -0.39 is 18.2 Å². The number of carbonyl (C=O) groups is 2. The number of carbonyl (C=O) groups excluding carboxylic acids is 2. The van der Waals surface area contributed by atoms with E-state index in [2.05, 4.69) is 4.94 Å². The van der Waals surface area contributed by atoms with Crippen molar-refractivity contribution in [1.29, 1.82) is 0 Å². The molecule has 9 heavy (non-hydrogen) atoms. The Balaban J connectivity index is 3.47. The van der Waals surface area contributed by atoms with E-state index in [1.54, 1.807) is 0 Å². The van der Waals surface area contributed by atoms with Crippen LogP contribution in [0, 0.1) is 0 Å². The molecule has 52 valence electrons. The smallest absolute Gasteiger partial charge is 0.298 e. The van der Waals surface area contributed by atoms with Gasteiger partial charge in [0.15, 0.2) is 5.78 Å². The van der Waals surface area contributed by atoms with Crippen LogP contribution in [-0.4, -0.2) is 17.6 Å². The van der Waals surface area contributed by atoms with Crippen LogP contribution in [0.25, 0.3) is 0 Å². The lowest BCUT2D eigenvalue weighted by Crippen LogP contribution is -2.08. The highest BCUT2D eigenvalue weighted by Gasteiger charge is 2.08. The van der Waals surface area contributed by atoms with Crippen LogP contribution in [0.3, 0.4) is 0 Å². The topological polar surface area (TPSA) is 43.4 Å². The fourth-order valence-corrected chi connectivity index (χ4v) is 0.330. The molecule has 0 fully saturated rings. The lowest BCUT2D eigenvalue weighted by Gasteiger charge is -1.88. The first-order valence-electron chi connectivity index (χ1n) is 2.09. The molecule has 0 unspecified atom stereocenters. The van der Waals surface area contributed by atoms with Gasteiger partial charge in [0.1, 0.15) is 6.42 Å². The summed E-state index contributed by atoms with van der Waals surface area (Å²) in [5.41, 5.74) is 0. The predicted molar refractivity (Wildman–Crippen MR) is 27.5 cm³/mol. The Morgan fingerprint density at radius 1 is 1.56 bits per heavy atom. The molecule has 0 rings (SSSR count). The number of halogens is 2. The summed E-state index contributed by atoms with van der Waals surface area (Å²) in [4.78, 5) is 22.8. The molecule has 3 nitrogen and oxygen atoms in total. The number of hydrogen-bond acceptors (Lipinski definition) is 3. The molecule has 0 atom stereocenters. The standard InChI is InChI=1S/C4H4ClFO3/c5-2-3(7)1-4(8)9-6/h1-2H2. The van der Waals surface area contributed by atoms with Crippen LogP contribution < -0.4 is 0 Å². The van der Waals surface area contributed by atoms with Gasteiger partial charge in [-0.25, -0.2) is 4.79 Å². The fraction of sp³-hybridized carbons (Fsp3) is 0.500. The number of ketones is 1. The summed E-state index contributed by atoms with van der Waals surface area (Å²) in [6.45, 7) is 0. The van der Waals surface area contributed by atoms with Gasteiger partial charge in [-0.05, 0) is 0 Å². The monoisotopic (exact) mass is 154 g/mol. The quantitative estimate of drug-likeness (QED) is 0.442. The van der Waals surface area contributed by atoms with E-state index >= 15 is 0 Å². The summed E-state index contributed by atoms with van der Waals surface area (Å²) < 4.78 is 10.8. The molecule has 0 heterocycles. The lowest BCUT2D eigenvalue weighted by molar-refractivity contribution is -0.183. The molecule has 0 aromatic carbocycles. The highest BCUT2D eigenvalue weighted by Crippen LogP contribution is 1.90. The first kappa shape index (κ1) is 8.36. The van der Waals surface area contributed by atoms with Crippen molar-refractivity contribution >= 4 is 23.4 Å². The summed E-state index contributed by atoms with van der Waals surface area (Å²) in [5, 5.41) is 0. The van der Waals surface area contributed by atoms with Crippen LogP contribution in [-0.2, 0) is 14.5 Å². The molecule has 0 saturated carbocycles. The molecular formula is C4H4ClFO3. The van der Waals surface area contributed by atoms with E-state index in [1.807, 2.05) is 0 Å². The molecule has 0 aliphatic rings. The van der Waals surface area contributed by atoms with Crippen molar-refractivity contribution in [3.63, 3.8) is 0 Å². The van der Waals surface area contributed by atoms with Gasteiger partial charge in [-0.15, -0.1) is 11.6 Å². The summed E-state index contributed by atoms with van der Waals surface area (Å²) in [6, 6.07) is 0. The van der Waals surface area contributed by atoms with Gasteiger partial charge in [0.25, 0.3) is 0 Å². The van der Waals surface area contributed by atoms with Crippen molar-refractivity contribution in [3.05, 3.63) is 0 Å². The van der Waals surface area contributed by atoms with Gasteiger partial charge in [0, 0.05) is 4.53 Å². The molecule has 0 radical (unpaired) electrons. The minimum atomic E-state index is -1.21. The van der Waals surface area contributed by atoms with E-state index in [9.17, 15) is 14.1 Å². The fourth-order valence-electron chi connectivity index (χ4n) is 0.236. The summed E-state index contributed by atoms with van der Waals surface area (Å²) >= 11 is 4.97. The third-order valence-corrected chi connectivity index (χ3v) is 0.875. The zero-order valence-electron chi connectivity index (χ0n) is 4.39. The Kier molecular flexibility index (Phi) is 3.96. The van der Waals surface area contributed by atoms with Crippen LogP contribution in [0.1, 0.15) is 6.42 Å². The predicted octanol–water partition coefficient (Wildman–Crippen LogP) is 0.612. The third-order valence-electron chi connectivity index (χ3n) is 0.577. The second-order valence-corrected chi connectivity index (χ2v) is 1.57. The number of Topliss-reactive ketones (excluding diaryl/α,β-unsaturated/α-hetero) is 1. The van der Waals surface area contributed by atoms with E-state index in [-0.39, 0.29) is 5.88 Å². The Bertz CT molecular complexity index is 111. The van der Waals surface area contributed by atoms with Crippen molar-refractivity contribution < 1.29 is 19.1 Å². The van der Waals surface area contributed by atoms with Crippen molar-refractivity contribution in [2.75, 3.05) is 5.88 Å². The molecule has 0 aromatic rings. The van der Waals surface area contributed by atoms with Crippen LogP contribution in [0.2, 0.25) is 0 Å². The largest absolute Gasteiger partial charge is 0.356 e. The van der Waals surface area contributed by atoms with Crippen molar-refractivity contribution in [2.24, 2.45) is 0 Å². The first-order valence-corrected chi connectivity index (χ1v) is 2.63. The minimum Gasteiger partial charge on any atom is -0.298 e. The van der Waals surface area contributed by atoms with Gasteiger partial charge in [0.05, 0.1) is 5.88 Å². The Labute approximate surface area is 55.6 Å². The maximum atomic E-state index is 10.8. The van der Waals surface area contributed by atoms with Crippen LogP contribution in [0.5, 0.6) is 0 Å². The van der Waals surface area contributed by atoms with Gasteiger partial charge >= 0.3 is 5.97 Å². The van der Waals surface area contributed by atoms with Gasteiger partial charge in [-0.1, -0.05) is 0 Å². The molecule has 0 amide bonds. The van der Waals surface area contributed by atoms with Crippen LogP contribution >= 0.6 is 11.6 Å². The normalized spacial score (nSPS) is 8.67. The molecule has 0 saturated heterocycles. The maximum absolute atomic E-state index is 10.8. The van der Waals surface area contributed by atoms with E-state index in [0.29, 0.717) is 0 Å². The number of alkyl halides is 1. The SMILES string of the molecule is O=C(CCl)CC(=O)OF. The molecule has 5 heteroatoms. The number of hydrogen-bond donors (Lipinski definition) is 0. The first-order chi connectivity index (χ1) is 4.20. The highest BCUT2D eigenvalue weighted by atomic mass is 35.5. The number of rotatable bonds is 3. The Morgan fingerprint density at radius 3 is 2.44 bits per heavy atom. The van der Waals surface area contributed by atoms with Gasteiger partial charge in [-0.3, -0.25) is 9.74 Å². The van der Waals surface area contributed by atoms with Gasteiger partial charge in [0.2, 0.25) is 0 Å². The second kappa shape index (κ2) is 4.26. The molecule has 0 aliphatic carbocycles. The maximum Gasteiger partial charge on any atom is 0.356 e. The molecular weight excluding hydrogens is 150 g/mol. The van der Waals surface area contributed by atoms with Crippen LogP contribution in [0.15, 0.2) is 0 Å². The molecule has 0 aromatic heterocycles. The summed E-state index contributed by atoms with van der Waals surface area (Å²) in [5.74, 6) is -2.06. The zero-order chi connectivity index (χ0) is 7.28. The molecule has 0 spiro atoms. The molecule has 0 aliphatic heterocycles. The van der Waals surface area contributed by atoms with E-state index in [0.717, 1.165) is 0 Å². The molecule has 0 bridgehead atoms. The van der Waals surface area contributed by atoms with Crippen molar-refractivity contribution in [2.45, 2.75) is 6.42 Å². The second-order valence-electron chi connectivity index (χ2n) is 1.30. The molecule has 0 N–H and O–H groups in total. The zero-order valence-corrected chi connectivity index (χ0v) is 5.15. The summed E-state index contributed by atoms with van der Waals surface area (Å²) in [6.07, 6.45) is -0.597. The van der Waals surface area contributed by atoms with Crippen molar-refractivity contribution in [1.82, 2.24) is 0 Å². The third kappa shape index (κ3) is 3.90. The van der Waals surface area contributed by atoms with Crippen molar-refractivity contribution in [3.8, 4) is 0 Å². The van der Waals surface area contributed by atoms with Gasteiger partial charge in [-0.2, -0.15) is 0 Å².